The lowest BCUT2D eigenvalue weighted by Crippen LogP contribution is -2.54. The van der Waals surface area contributed by atoms with E-state index in [1.807, 2.05) is 0 Å². The molecule has 244 valence electrons. The molecule has 0 radical (unpaired) electrons. The monoisotopic (exact) mass is 788 g/mol. The van der Waals surface area contributed by atoms with Crippen LogP contribution in [0.25, 0.3) is 0 Å². The minimum absolute atomic E-state index is 0.0318. The number of alkyl halides is 6. The molecule has 0 spiro atoms. The van der Waals surface area contributed by atoms with Gasteiger partial charge in [0, 0.05) is 34.6 Å². The highest BCUT2D eigenvalue weighted by Crippen LogP contribution is 2.56. The lowest BCUT2D eigenvalue weighted by molar-refractivity contribution is -0.385. The van der Waals surface area contributed by atoms with Crippen LogP contribution in [0, 0.1) is 20.2 Å². The number of hydrogen-bond donors (Lipinski definition) is 2. The summed E-state index contributed by atoms with van der Waals surface area (Å²) in [6, 6.07) is 12.2. The molecule has 0 atom stereocenters. The first kappa shape index (κ1) is 35.0. The average molecular weight is 790 g/mol. The maximum atomic E-state index is 14.6. The number of nitrogens with zero attached hydrogens (tertiary/aromatic N) is 2. The number of nitro benzene ring substituents is 2. The van der Waals surface area contributed by atoms with Crippen LogP contribution in [0.4, 0.5) is 49.1 Å². The third-order valence-corrected chi connectivity index (χ3v) is 8.09. The molecule has 0 aromatic heterocycles. The second-order valence-electron chi connectivity index (χ2n) is 9.66. The molecule has 47 heavy (non-hydrogen) atoms. The van der Waals surface area contributed by atoms with Gasteiger partial charge < -0.3 is 10.6 Å². The quantitative estimate of drug-likeness (QED) is 0.104. The second kappa shape index (κ2) is 13.1. The van der Waals surface area contributed by atoms with Crippen LogP contribution in [0.2, 0.25) is 0 Å². The maximum absolute atomic E-state index is 14.6. The Bertz CT molecular complexity index is 1750. The van der Waals surface area contributed by atoms with Gasteiger partial charge in [-0.25, -0.2) is 0 Å². The third kappa shape index (κ3) is 6.97. The molecule has 0 aliphatic carbocycles. The van der Waals surface area contributed by atoms with E-state index in [-0.39, 0.29) is 42.8 Å². The highest BCUT2D eigenvalue weighted by molar-refractivity contribution is 9.11. The van der Waals surface area contributed by atoms with Gasteiger partial charge in [-0.2, -0.15) is 26.3 Å². The normalized spacial score (nSPS) is 11.9. The molecule has 18 heteroatoms. The number of amides is 2. The van der Waals surface area contributed by atoms with Gasteiger partial charge in [0.1, 0.15) is 0 Å². The molecular formula is C29H16Br2F6N4O6. The molecule has 0 aliphatic heterocycles. The van der Waals surface area contributed by atoms with E-state index in [1.54, 1.807) is 0 Å². The van der Waals surface area contributed by atoms with Crippen LogP contribution in [0.15, 0.2) is 93.9 Å². The molecule has 4 aromatic carbocycles. The predicted molar refractivity (Wildman–Crippen MR) is 163 cm³/mol. The first-order valence-corrected chi connectivity index (χ1v) is 14.3. The molecule has 0 heterocycles. The Hall–Kier alpha value is -4.84. The number of halogens is 8. The van der Waals surface area contributed by atoms with Crippen LogP contribution in [0.5, 0.6) is 0 Å². The number of carbonyl (C=O) groups excluding carboxylic acids is 2. The van der Waals surface area contributed by atoms with Gasteiger partial charge in [0.2, 0.25) is 5.41 Å². The predicted octanol–water partition coefficient (Wildman–Crippen LogP) is 8.94. The van der Waals surface area contributed by atoms with Crippen LogP contribution in [-0.4, -0.2) is 34.0 Å². The Labute approximate surface area is 276 Å². The Balaban J connectivity index is 1.64. The summed E-state index contributed by atoms with van der Waals surface area (Å²) in [5.41, 5.74) is -8.14. The summed E-state index contributed by atoms with van der Waals surface area (Å²) in [5.74, 6) is -1.69. The largest absolute Gasteiger partial charge is 0.411 e. The Kier molecular flexibility index (Phi) is 9.77. The topological polar surface area (TPSA) is 144 Å². The fraction of sp³-hybridized carbons (Fsp3) is 0.103. The van der Waals surface area contributed by atoms with Crippen molar-refractivity contribution in [3.63, 3.8) is 0 Å². The van der Waals surface area contributed by atoms with Crippen molar-refractivity contribution in [2.75, 3.05) is 10.6 Å². The van der Waals surface area contributed by atoms with E-state index >= 15 is 0 Å². The zero-order valence-electron chi connectivity index (χ0n) is 23.0. The number of nitrogens with one attached hydrogen (secondary N) is 2. The summed E-state index contributed by atoms with van der Waals surface area (Å²) in [4.78, 5) is 45.8. The Morgan fingerprint density at radius 3 is 1.15 bits per heavy atom. The fourth-order valence-corrected chi connectivity index (χ4v) is 5.64. The maximum Gasteiger partial charge on any atom is 0.411 e. The summed E-state index contributed by atoms with van der Waals surface area (Å²) in [5, 5.41) is 26.6. The molecule has 2 N–H and O–H groups in total. The highest BCUT2D eigenvalue weighted by atomic mass is 79.9. The summed E-state index contributed by atoms with van der Waals surface area (Å²) >= 11 is 5.90. The lowest BCUT2D eigenvalue weighted by Gasteiger charge is -2.38. The third-order valence-electron chi connectivity index (χ3n) is 6.82. The van der Waals surface area contributed by atoms with Crippen LogP contribution < -0.4 is 10.6 Å². The summed E-state index contributed by atoms with van der Waals surface area (Å²) < 4.78 is 87.5. The molecule has 10 nitrogen and oxygen atoms in total. The standard InChI is InChI=1S/C29H16Br2F6N4O6/c30-21-13-15(1-11-23(21)40(44)45)25(42)38-19-7-3-17(4-8-19)27(28(32,33)34,29(35,36)37)18-5-9-20(10-6-18)39-26(43)16-2-12-24(41(46)47)22(31)14-16/h1-14H,(H,38,42)(H,39,43). The van der Waals surface area contributed by atoms with E-state index in [4.69, 9.17) is 0 Å². The van der Waals surface area contributed by atoms with Crippen molar-refractivity contribution in [3.05, 3.63) is 136 Å². The molecule has 4 rings (SSSR count). The first-order chi connectivity index (χ1) is 21.9. The van der Waals surface area contributed by atoms with Gasteiger partial charge in [0.15, 0.2) is 0 Å². The molecule has 0 saturated carbocycles. The SMILES string of the molecule is O=C(Nc1ccc(C(c2ccc(NC(=O)c3ccc([N+](=O)[O-])c(Br)c3)cc2)(C(F)(F)F)C(F)(F)F)cc1)c1ccc([N+](=O)[O-])c(Br)c1. The number of carbonyl (C=O) groups is 2. The van der Waals surface area contributed by atoms with Gasteiger partial charge >= 0.3 is 12.4 Å². The zero-order valence-corrected chi connectivity index (χ0v) is 26.1. The molecule has 0 bridgehead atoms. The molecule has 2 amide bonds. The molecule has 4 aromatic rings. The van der Waals surface area contributed by atoms with Crippen molar-refractivity contribution >= 4 is 66.4 Å². The van der Waals surface area contributed by atoms with Gasteiger partial charge in [0.05, 0.1) is 18.8 Å². The van der Waals surface area contributed by atoms with E-state index in [0.717, 1.165) is 60.7 Å². The highest BCUT2D eigenvalue weighted by Gasteiger charge is 2.72. The average Bonchev–Trinajstić information content (AvgIpc) is 2.97. The van der Waals surface area contributed by atoms with E-state index in [9.17, 15) is 56.2 Å². The van der Waals surface area contributed by atoms with Crippen molar-refractivity contribution in [3.8, 4) is 0 Å². The van der Waals surface area contributed by atoms with Crippen LogP contribution in [-0.2, 0) is 5.41 Å². The number of nitro groups is 2. The van der Waals surface area contributed by atoms with E-state index in [1.165, 1.54) is 0 Å². The van der Waals surface area contributed by atoms with Crippen molar-refractivity contribution in [1.29, 1.82) is 0 Å². The van der Waals surface area contributed by atoms with Crippen molar-refractivity contribution in [1.82, 2.24) is 0 Å². The van der Waals surface area contributed by atoms with Crippen LogP contribution >= 0.6 is 31.9 Å². The second-order valence-corrected chi connectivity index (χ2v) is 11.4. The van der Waals surface area contributed by atoms with E-state index < -0.39 is 50.6 Å². The smallest absolute Gasteiger partial charge is 0.322 e. The number of anilines is 2. The molecule has 0 unspecified atom stereocenters. The zero-order chi connectivity index (χ0) is 34.9. The Morgan fingerprint density at radius 1 is 0.574 bits per heavy atom. The lowest BCUT2D eigenvalue weighted by atomic mass is 9.73. The summed E-state index contributed by atoms with van der Waals surface area (Å²) in [6.45, 7) is 0. The molecule has 0 aliphatic rings. The number of benzene rings is 4. The fourth-order valence-electron chi connectivity index (χ4n) is 4.59. The minimum atomic E-state index is -5.92. The first-order valence-electron chi connectivity index (χ1n) is 12.7. The number of rotatable bonds is 8. The van der Waals surface area contributed by atoms with Crippen LogP contribution in [0.3, 0.4) is 0 Å². The molecule has 0 saturated heterocycles. The summed E-state index contributed by atoms with van der Waals surface area (Å²) in [6.07, 6.45) is -11.8. The number of hydrogen-bond acceptors (Lipinski definition) is 6. The van der Waals surface area contributed by atoms with Crippen molar-refractivity contribution in [2.24, 2.45) is 0 Å². The van der Waals surface area contributed by atoms with Crippen LogP contribution in [0.1, 0.15) is 31.8 Å². The van der Waals surface area contributed by atoms with Gasteiger partial charge in [-0.05, 0) is 91.5 Å². The Morgan fingerprint density at radius 2 is 0.894 bits per heavy atom. The minimum Gasteiger partial charge on any atom is -0.322 e. The van der Waals surface area contributed by atoms with Crippen molar-refractivity contribution in [2.45, 2.75) is 17.8 Å². The van der Waals surface area contributed by atoms with Gasteiger partial charge in [-0.1, -0.05) is 24.3 Å². The molecular weight excluding hydrogens is 774 g/mol. The molecule has 0 fully saturated rings. The van der Waals surface area contributed by atoms with Crippen molar-refractivity contribution < 1.29 is 45.8 Å². The van der Waals surface area contributed by atoms with E-state index in [2.05, 4.69) is 42.5 Å². The van der Waals surface area contributed by atoms with E-state index in [0.29, 0.717) is 24.3 Å². The summed E-state index contributed by atoms with van der Waals surface area (Å²) in [7, 11) is 0. The van der Waals surface area contributed by atoms with Gasteiger partial charge in [-0.3, -0.25) is 29.8 Å². The van der Waals surface area contributed by atoms with Gasteiger partial charge in [-0.15, -0.1) is 0 Å². The van der Waals surface area contributed by atoms with Gasteiger partial charge in [0.25, 0.3) is 23.2 Å².